The summed E-state index contributed by atoms with van der Waals surface area (Å²) < 4.78 is 23.8. The van der Waals surface area contributed by atoms with Crippen LogP contribution in [-0.2, 0) is 14.6 Å². The van der Waals surface area contributed by atoms with Crippen LogP contribution in [0.2, 0.25) is 0 Å². The van der Waals surface area contributed by atoms with Gasteiger partial charge < -0.3 is 11.1 Å². The van der Waals surface area contributed by atoms with Gasteiger partial charge in [0.2, 0.25) is 5.91 Å². The number of amides is 1. The molecule has 118 valence electrons. The van der Waals surface area contributed by atoms with Gasteiger partial charge in [-0.25, -0.2) is 8.42 Å². The number of carbonyl (C=O) groups excluding carboxylic acids is 1. The second kappa shape index (κ2) is 7.63. The first kappa shape index (κ1) is 17.7. The normalized spacial score (nSPS) is 22.8. The first-order chi connectivity index (χ1) is 9.25. The molecule has 0 aliphatic carbocycles. The van der Waals surface area contributed by atoms with E-state index in [2.05, 4.69) is 5.32 Å². The number of nitrogens with two attached hydrogens (primary N) is 1. The molecule has 0 aromatic heterocycles. The van der Waals surface area contributed by atoms with E-state index in [0.717, 1.165) is 5.75 Å². The number of nitrogens with zero attached hydrogens (tertiary/aromatic N) is 1. The zero-order valence-electron chi connectivity index (χ0n) is 12.3. The van der Waals surface area contributed by atoms with Crippen LogP contribution in [0.1, 0.15) is 20.3 Å². The molecule has 0 aromatic rings. The molecular weight excluding hydrogens is 298 g/mol. The van der Waals surface area contributed by atoms with Crippen LogP contribution in [0.4, 0.5) is 0 Å². The molecule has 1 saturated heterocycles. The van der Waals surface area contributed by atoms with Crippen LogP contribution in [0, 0.1) is 0 Å². The van der Waals surface area contributed by atoms with Crippen LogP contribution < -0.4 is 11.1 Å². The van der Waals surface area contributed by atoms with Crippen molar-refractivity contribution in [2.45, 2.75) is 37.7 Å². The summed E-state index contributed by atoms with van der Waals surface area (Å²) >= 11 is 1.63. The van der Waals surface area contributed by atoms with E-state index < -0.39 is 15.2 Å². The van der Waals surface area contributed by atoms with E-state index in [4.69, 9.17) is 5.73 Å². The predicted octanol–water partition coefficient (Wildman–Crippen LogP) is -0.352. The molecule has 6 nitrogen and oxygen atoms in total. The van der Waals surface area contributed by atoms with Gasteiger partial charge in [-0.3, -0.25) is 9.69 Å². The molecule has 3 N–H and O–H groups in total. The molecule has 8 heteroatoms. The quantitative estimate of drug-likeness (QED) is 0.694. The minimum absolute atomic E-state index is 0.0727. The lowest BCUT2D eigenvalue weighted by Crippen LogP contribution is -2.55. The average Bonchev–Trinajstić information content (AvgIpc) is 2.34. The molecule has 2 atom stereocenters. The largest absolute Gasteiger partial charge is 0.354 e. The van der Waals surface area contributed by atoms with Gasteiger partial charge >= 0.3 is 0 Å². The lowest BCUT2D eigenvalue weighted by Gasteiger charge is -2.39. The average molecular weight is 323 g/mol. The zero-order chi connectivity index (χ0) is 15.3. The third-order valence-electron chi connectivity index (χ3n) is 3.23. The zero-order valence-corrected chi connectivity index (χ0v) is 14.0. The Morgan fingerprint density at radius 2 is 2.15 bits per heavy atom. The maximum atomic E-state index is 11.9. The van der Waals surface area contributed by atoms with Crippen molar-refractivity contribution < 1.29 is 13.2 Å². The fourth-order valence-corrected chi connectivity index (χ4v) is 5.26. The minimum atomic E-state index is -3.17. The summed E-state index contributed by atoms with van der Waals surface area (Å²) in [5.74, 6) is 1.33. The van der Waals surface area contributed by atoms with Crippen molar-refractivity contribution in [2.75, 3.05) is 30.9 Å². The summed E-state index contributed by atoms with van der Waals surface area (Å²) in [6.45, 7) is 4.72. The van der Waals surface area contributed by atoms with Gasteiger partial charge in [-0.2, -0.15) is 11.8 Å². The predicted molar refractivity (Wildman–Crippen MR) is 83.4 cm³/mol. The maximum Gasteiger partial charge on any atom is 0.221 e. The molecular formula is C12H25N3O3S2. The van der Waals surface area contributed by atoms with Crippen LogP contribution in [0.3, 0.4) is 0 Å². The van der Waals surface area contributed by atoms with Crippen molar-refractivity contribution in [3.8, 4) is 0 Å². The van der Waals surface area contributed by atoms with Crippen molar-refractivity contribution in [1.29, 1.82) is 0 Å². The standard InChI is InChI=1S/C12H25N3O3S2/c1-9(2)14-11(16)6-10(7-13)15-4-5-19-8-12(15)20(3,17)18/h9-10,12H,4-8,13H2,1-3H3,(H,14,16). The summed E-state index contributed by atoms with van der Waals surface area (Å²) in [4.78, 5) is 13.8. The van der Waals surface area contributed by atoms with Crippen LogP contribution in [0.25, 0.3) is 0 Å². The molecule has 1 fully saturated rings. The van der Waals surface area contributed by atoms with Crippen molar-refractivity contribution in [2.24, 2.45) is 5.73 Å². The van der Waals surface area contributed by atoms with Crippen LogP contribution >= 0.6 is 11.8 Å². The highest BCUT2D eigenvalue weighted by Crippen LogP contribution is 2.23. The van der Waals surface area contributed by atoms with Crippen LogP contribution in [-0.4, -0.2) is 67.5 Å². The van der Waals surface area contributed by atoms with Crippen LogP contribution in [0.5, 0.6) is 0 Å². The van der Waals surface area contributed by atoms with Gasteiger partial charge in [0.1, 0.15) is 5.37 Å². The lowest BCUT2D eigenvalue weighted by atomic mass is 10.1. The summed E-state index contributed by atoms with van der Waals surface area (Å²) in [6, 6.07) is -0.155. The van der Waals surface area contributed by atoms with Crippen LogP contribution in [0.15, 0.2) is 0 Å². The molecule has 1 amide bonds. The van der Waals surface area contributed by atoms with E-state index in [1.807, 2.05) is 18.7 Å². The van der Waals surface area contributed by atoms with Gasteiger partial charge in [0.05, 0.1) is 0 Å². The fourth-order valence-electron chi connectivity index (χ4n) is 2.31. The van der Waals surface area contributed by atoms with Gasteiger partial charge in [0.25, 0.3) is 0 Å². The number of sulfone groups is 1. The van der Waals surface area contributed by atoms with Gasteiger partial charge in [-0.1, -0.05) is 0 Å². The first-order valence-corrected chi connectivity index (χ1v) is 9.88. The Balaban J connectivity index is 2.78. The highest BCUT2D eigenvalue weighted by atomic mass is 32.2. The molecule has 2 unspecified atom stereocenters. The SMILES string of the molecule is CC(C)NC(=O)CC(CN)N1CCSCC1S(C)(=O)=O. The van der Waals surface area contributed by atoms with Gasteiger partial charge in [0.15, 0.2) is 9.84 Å². The molecule has 0 saturated carbocycles. The minimum Gasteiger partial charge on any atom is -0.354 e. The fraction of sp³-hybridized carbons (Fsp3) is 0.917. The summed E-state index contributed by atoms with van der Waals surface area (Å²) in [6.07, 6.45) is 1.49. The smallest absolute Gasteiger partial charge is 0.221 e. The highest BCUT2D eigenvalue weighted by molar-refractivity contribution is 8.00. The number of hydrogen-bond donors (Lipinski definition) is 2. The Kier molecular flexibility index (Phi) is 6.77. The van der Waals surface area contributed by atoms with Crippen molar-refractivity contribution in [3.05, 3.63) is 0 Å². The lowest BCUT2D eigenvalue weighted by molar-refractivity contribution is -0.122. The number of carbonyl (C=O) groups is 1. The Hall–Kier alpha value is -0.310. The highest BCUT2D eigenvalue weighted by Gasteiger charge is 2.35. The third-order valence-corrected chi connectivity index (χ3v) is 5.89. The Morgan fingerprint density at radius 3 is 2.65 bits per heavy atom. The Morgan fingerprint density at radius 1 is 1.50 bits per heavy atom. The van der Waals surface area contributed by atoms with Gasteiger partial charge in [-0.15, -0.1) is 0 Å². The van der Waals surface area contributed by atoms with Gasteiger partial charge in [0, 0.05) is 49.4 Å². The molecule has 0 spiro atoms. The van der Waals surface area contributed by atoms with Crippen molar-refractivity contribution in [3.63, 3.8) is 0 Å². The Bertz CT molecular complexity index is 426. The molecule has 1 rings (SSSR count). The molecule has 0 radical (unpaired) electrons. The number of nitrogens with one attached hydrogen (secondary N) is 1. The van der Waals surface area contributed by atoms with Crippen molar-refractivity contribution in [1.82, 2.24) is 10.2 Å². The molecule has 1 heterocycles. The molecule has 0 aromatic carbocycles. The monoisotopic (exact) mass is 323 g/mol. The maximum absolute atomic E-state index is 11.9. The number of hydrogen-bond acceptors (Lipinski definition) is 6. The van der Waals surface area contributed by atoms with E-state index in [9.17, 15) is 13.2 Å². The number of rotatable bonds is 6. The molecule has 0 bridgehead atoms. The molecule has 1 aliphatic rings. The second-order valence-electron chi connectivity index (χ2n) is 5.41. The topological polar surface area (TPSA) is 92.5 Å². The van der Waals surface area contributed by atoms with Gasteiger partial charge in [-0.05, 0) is 13.8 Å². The van der Waals surface area contributed by atoms with E-state index in [1.54, 1.807) is 11.8 Å². The van der Waals surface area contributed by atoms with Crippen molar-refractivity contribution >= 4 is 27.5 Å². The van der Waals surface area contributed by atoms with E-state index >= 15 is 0 Å². The van der Waals surface area contributed by atoms with E-state index in [-0.39, 0.29) is 31.0 Å². The molecule has 1 aliphatic heterocycles. The third kappa shape index (κ3) is 5.23. The van der Waals surface area contributed by atoms with E-state index in [0.29, 0.717) is 12.3 Å². The summed E-state index contributed by atoms with van der Waals surface area (Å²) in [5.41, 5.74) is 5.76. The second-order valence-corrected chi connectivity index (χ2v) is 8.77. The first-order valence-electron chi connectivity index (χ1n) is 6.77. The Labute approximate surface area is 125 Å². The van der Waals surface area contributed by atoms with E-state index in [1.165, 1.54) is 6.26 Å². The molecule has 20 heavy (non-hydrogen) atoms. The summed E-state index contributed by atoms with van der Waals surface area (Å²) in [7, 11) is -3.17. The summed E-state index contributed by atoms with van der Waals surface area (Å²) in [5, 5.41) is 2.28. The number of thioether (sulfide) groups is 1.